The molecule has 0 N–H and O–H groups in total. The Bertz CT molecular complexity index is 383. The van der Waals surface area contributed by atoms with Gasteiger partial charge in [0.25, 0.3) is 0 Å². The molecule has 0 fully saturated rings. The van der Waals surface area contributed by atoms with Crippen LogP contribution in [0.1, 0.15) is 0 Å². The van der Waals surface area contributed by atoms with E-state index in [0.29, 0.717) is 16.6 Å². The first-order valence-electron chi connectivity index (χ1n) is 3.99. The Morgan fingerprint density at radius 2 is 2.00 bits per heavy atom. The predicted octanol–water partition coefficient (Wildman–Crippen LogP) is 3.91. The van der Waals surface area contributed by atoms with Crippen molar-refractivity contribution in [3.05, 3.63) is 22.7 Å². The molecule has 16 heavy (non-hydrogen) atoms. The van der Waals surface area contributed by atoms with Crippen LogP contribution in [0.5, 0.6) is 0 Å². The molecule has 1 aromatic carbocycles. The molecule has 0 saturated carbocycles. The van der Waals surface area contributed by atoms with Gasteiger partial charge in [-0.05, 0) is 18.2 Å². The lowest BCUT2D eigenvalue weighted by Crippen LogP contribution is -2.14. The molecule has 3 nitrogen and oxygen atoms in total. The van der Waals surface area contributed by atoms with Gasteiger partial charge in [0, 0.05) is 11.5 Å². The molecular weight excluding hydrogens is 322 g/mol. The second-order valence-electron chi connectivity index (χ2n) is 2.70. The quantitative estimate of drug-likeness (QED) is 0.604. The van der Waals surface area contributed by atoms with Gasteiger partial charge in [-0.2, -0.15) is 0 Å². The van der Waals surface area contributed by atoms with E-state index in [1.54, 1.807) is 12.1 Å². The molecule has 88 valence electrons. The molecule has 0 saturated heterocycles. The normalized spacial score (nSPS) is 10.0. The highest BCUT2D eigenvalue weighted by Gasteiger charge is 2.15. The smallest absolute Gasteiger partial charge is 0.226 e. The van der Waals surface area contributed by atoms with Crippen molar-refractivity contribution in [3.63, 3.8) is 0 Å². The number of carbonyl (C=O) groups excluding carboxylic acids is 1. The fraction of sp³-hybridized carbons (Fsp3) is 0.125. The molecule has 0 heterocycles. The summed E-state index contributed by atoms with van der Waals surface area (Å²) in [7, 11) is 1.48. The zero-order valence-corrected chi connectivity index (χ0v) is 11.3. The Balaban J connectivity index is 3.21. The Morgan fingerprint density at radius 3 is 2.50 bits per heavy atom. The number of hydrogen-bond donors (Lipinski definition) is 0. The van der Waals surface area contributed by atoms with Crippen LogP contribution >= 0.6 is 40.6 Å². The van der Waals surface area contributed by atoms with Gasteiger partial charge in [0.15, 0.2) is 24.7 Å². The predicted molar refractivity (Wildman–Crippen MR) is 68.5 cm³/mol. The minimum absolute atomic E-state index is 0.0200. The topological polar surface area (TPSA) is 23.6 Å². The van der Waals surface area contributed by atoms with Gasteiger partial charge in [0.2, 0.25) is 6.41 Å². The van der Waals surface area contributed by atoms with Crippen LogP contribution in [0.25, 0.3) is 0 Å². The van der Waals surface area contributed by atoms with Gasteiger partial charge in [0.05, 0.1) is 11.4 Å². The van der Waals surface area contributed by atoms with Crippen molar-refractivity contribution in [1.29, 1.82) is 0 Å². The number of carbonyl (C=O) groups is 1. The first-order valence-corrected chi connectivity index (χ1v) is 6.13. The molecule has 0 bridgehead atoms. The van der Waals surface area contributed by atoms with Crippen molar-refractivity contribution in [2.24, 2.45) is 0 Å². The summed E-state index contributed by atoms with van der Waals surface area (Å²) < 4.78 is 27.6. The van der Waals surface area contributed by atoms with Crippen molar-refractivity contribution in [2.45, 2.75) is 0 Å². The SMILES string of the molecule is CN(SF)c1ccc(Br)cc1N(C=O)SF. The fourth-order valence-corrected chi connectivity index (χ4v) is 1.92. The molecule has 0 aromatic heterocycles. The maximum Gasteiger partial charge on any atom is 0.226 e. The van der Waals surface area contributed by atoms with Gasteiger partial charge >= 0.3 is 0 Å². The molecular formula is C8H7BrF2N2OS2. The van der Waals surface area contributed by atoms with Crippen molar-refractivity contribution >= 4 is 58.4 Å². The average Bonchev–Trinajstić information content (AvgIpc) is 2.30. The first kappa shape index (κ1) is 13.6. The van der Waals surface area contributed by atoms with Crippen molar-refractivity contribution in [3.8, 4) is 0 Å². The number of hydrogen-bond acceptors (Lipinski definition) is 4. The van der Waals surface area contributed by atoms with Crippen LogP contribution in [0.15, 0.2) is 22.7 Å². The largest absolute Gasteiger partial charge is 0.290 e. The third-order valence-corrected chi connectivity index (χ3v) is 3.12. The molecule has 0 spiro atoms. The number of nitrogens with zero attached hydrogens (tertiary/aromatic N) is 2. The summed E-state index contributed by atoms with van der Waals surface area (Å²) in [5.74, 6) is 0. The van der Waals surface area contributed by atoms with Crippen molar-refractivity contribution in [1.82, 2.24) is 0 Å². The monoisotopic (exact) mass is 328 g/mol. The van der Waals surface area contributed by atoms with E-state index in [2.05, 4.69) is 15.9 Å². The van der Waals surface area contributed by atoms with Gasteiger partial charge in [-0.25, -0.2) is 4.31 Å². The second-order valence-corrected chi connectivity index (χ2v) is 4.83. The van der Waals surface area contributed by atoms with E-state index in [-0.39, 0.29) is 30.4 Å². The van der Waals surface area contributed by atoms with Crippen LogP contribution in [-0.4, -0.2) is 13.5 Å². The highest BCUT2D eigenvalue weighted by Crippen LogP contribution is 2.37. The molecule has 0 radical (unpaired) electrons. The maximum absolute atomic E-state index is 12.5. The number of anilines is 2. The van der Waals surface area contributed by atoms with Gasteiger partial charge in [0.1, 0.15) is 0 Å². The number of benzene rings is 1. The summed E-state index contributed by atoms with van der Waals surface area (Å²) in [5.41, 5.74) is 0.664. The molecule has 0 atom stereocenters. The Hall–Kier alpha value is -0.470. The minimum atomic E-state index is -0.240. The van der Waals surface area contributed by atoms with Crippen molar-refractivity contribution < 1.29 is 12.6 Å². The molecule has 0 aliphatic heterocycles. The third-order valence-electron chi connectivity index (χ3n) is 1.79. The molecule has 0 aliphatic carbocycles. The van der Waals surface area contributed by atoms with Gasteiger partial charge in [-0.1, -0.05) is 15.9 Å². The van der Waals surface area contributed by atoms with E-state index in [4.69, 9.17) is 0 Å². The maximum atomic E-state index is 12.5. The second kappa shape index (κ2) is 6.31. The average molecular weight is 329 g/mol. The summed E-state index contributed by atoms with van der Waals surface area (Å²) in [5, 5.41) is 0. The molecule has 1 amide bonds. The van der Waals surface area contributed by atoms with Gasteiger partial charge in [-0.3, -0.25) is 9.10 Å². The summed E-state index contributed by atoms with van der Waals surface area (Å²) >= 11 is 2.94. The van der Waals surface area contributed by atoms with E-state index < -0.39 is 0 Å². The minimum Gasteiger partial charge on any atom is -0.290 e. The third kappa shape index (κ3) is 3.02. The van der Waals surface area contributed by atoms with Crippen LogP contribution in [0.2, 0.25) is 0 Å². The summed E-state index contributed by atoms with van der Waals surface area (Å²) in [6, 6.07) is 4.79. The number of rotatable bonds is 5. The van der Waals surface area contributed by atoms with Crippen LogP contribution < -0.4 is 8.61 Å². The summed E-state index contributed by atoms with van der Waals surface area (Å²) in [6.45, 7) is 0. The number of amides is 1. The molecule has 0 unspecified atom stereocenters. The molecule has 1 rings (SSSR count). The summed E-state index contributed by atoms with van der Waals surface area (Å²) in [6.07, 6.45) is 0.326. The molecule has 8 heteroatoms. The molecule has 0 aliphatic rings. The fourth-order valence-electron chi connectivity index (χ4n) is 1.09. The lowest BCUT2D eigenvalue weighted by Gasteiger charge is -2.20. The van der Waals surface area contributed by atoms with E-state index in [1.165, 1.54) is 17.4 Å². The van der Waals surface area contributed by atoms with Gasteiger partial charge in [-0.15, -0.1) is 7.77 Å². The lowest BCUT2D eigenvalue weighted by atomic mass is 10.2. The van der Waals surface area contributed by atoms with E-state index in [1.807, 2.05) is 0 Å². The van der Waals surface area contributed by atoms with Crippen molar-refractivity contribution in [2.75, 3.05) is 15.7 Å². The van der Waals surface area contributed by atoms with Crippen LogP contribution in [-0.2, 0) is 4.79 Å². The Kier molecular flexibility index (Phi) is 5.36. The van der Waals surface area contributed by atoms with Crippen LogP contribution in [0, 0.1) is 0 Å². The molecule has 1 aromatic rings. The highest BCUT2D eigenvalue weighted by atomic mass is 79.9. The van der Waals surface area contributed by atoms with Gasteiger partial charge < -0.3 is 0 Å². The van der Waals surface area contributed by atoms with E-state index in [9.17, 15) is 12.6 Å². The Morgan fingerprint density at radius 1 is 1.31 bits per heavy atom. The van der Waals surface area contributed by atoms with Crippen LogP contribution in [0.3, 0.4) is 0 Å². The van der Waals surface area contributed by atoms with Crippen LogP contribution in [0.4, 0.5) is 19.1 Å². The van der Waals surface area contributed by atoms with E-state index in [0.717, 1.165) is 4.31 Å². The lowest BCUT2D eigenvalue weighted by molar-refractivity contribution is -0.106. The zero-order valence-electron chi connectivity index (χ0n) is 8.06. The number of halogens is 3. The highest BCUT2D eigenvalue weighted by molar-refractivity contribution is 9.10. The zero-order chi connectivity index (χ0) is 12.1. The first-order chi connectivity index (χ1) is 7.63. The van der Waals surface area contributed by atoms with E-state index >= 15 is 0 Å². The Labute approximate surface area is 109 Å². The standard InChI is InChI=1S/C8H7BrF2N2OS2/c1-12(15-10)7-3-2-6(9)4-8(7)13(5-14)16-11/h2-5H,1H3. The summed E-state index contributed by atoms with van der Waals surface area (Å²) in [4.78, 5) is 10.6.